The van der Waals surface area contributed by atoms with Crippen molar-refractivity contribution in [1.29, 1.82) is 0 Å². The normalized spacial score (nSPS) is 18.9. The van der Waals surface area contributed by atoms with Crippen LogP contribution in [0.1, 0.15) is 25.6 Å². The number of aromatic nitrogens is 2. The van der Waals surface area contributed by atoms with Crippen LogP contribution < -0.4 is 0 Å². The number of fused-ring (bicyclic) bond motifs is 1. The summed E-state index contributed by atoms with van der Waals surface area (Å²) in [5, 5.41) is 0.704. The summed E-state index contributed by atoms with van der Waals surface area (Å²) < 4.78 is 7.75. The van der Waals surface area contributed by atoms with Gasteiger partial charge >= 0.3 is 0 Å². The number of hydrogen-bond acceptors (Lipinski definition) is 2. The van der Waals surface area contributed by atoms with E-state index in [1.54, 1.807) is 0 Å². The van der Waals surface area contributed by atoms with Crippen LogP contribution >= 0.6 is 23.2 Å². The van der Waals surface area contributed by atoms with Crippen LogP contribution in [0.15, 0.2) is 18.2 Å². The molecule has 1 aromatic carbocycles. The summed E-state index contributed by atoms with van der Waals surface area (Å²) in [4.78, 5) is 4.62. The van der Waals surface area contributed by atoms with Crippen molar-refractivity contribution in [2.45, 2.75) is 31.2 Å². The summed E-state index contributed by atoms with van der Waals surface area (Å²) in [5.41, 5.74) is 2.03. The van der Waals surface area contributed by atoms with Crippen LogP contribution in [0.4, 0.5) is 0 Å². The van der Waals surface area contributed by atoms with Gasteiger partial charge in [0, 0.05) is 23.8 Å². The third-order valence-corrected chi connectivity index (χ3v) is 4.39. The van der Waals surface area contributed by atoms with E-state index in [2.05, 4.69) is 16.5 Å². The maximum absolute atomic E-state index is 6.08. The molecule has 0 spiro atoms. The first-order valence-electron chi connectivity index (χ1n) is 6.45. The largest absolute Gasteiger partial charge is 0.381 e. The van der Waals surface area contributed by atoms with Crippen molar-refractivity contribution in [3.63, 3.8) is 0 Å². The monoisotopic (exact) mass is 298 g/mol. The minimum Gasteiger partial charge on any atom is -0.381 e. The Morgan fingerprint density at radius 2 is 2.11 bits per heavy atom. The Morgan fingerprint density at radius 3 is 2.79 bits per heavy atom. The molecule has 1 aliphatic heterocycles. The van der Waals surface area contributed by atoms with Crippen molar-refractivity contribution < 1.29 is 4.74 Å². The number of hydrogen-bond donors (Lipinski definition) is 0. The zero-order valence-corrected chi connectivity index (χ0v) is 12.3. The predicted octanol–water partition coefficient (Wildman–Crippen LogP) is 3.95. The summed E-state index contributed by atoms with van der Waals surface area (Å²) in [6.45, 7) is 3.82. The van der Waals surface area contributed by atoms with E-state index in [1.165, 1.54) is 0 Å². The van der Waals surface area contributed by atoms with Gasteiger partial charge in [0.2, 0.25) is 0 Å². The molecular weight excluding hydrogens is 283 g/mol. The van der Waals surface area contributed by atoms with E-state index in [-0.39, 0.29) is 5.54 Å². The standard InChI is InChI=1S/C14H16Cl2N2O/c1-14(4-6-19-7-5-14)18-12-3-2-10(16)8-11(12)17-13(18)9-15/h2-3,8H,4-7,9H2,1H3. The van der Waals surface area contributed by atoms with E-state index in [1.807, 2.05) is 18.2 Å². The quantitative estimate of drug-likeness (QED) is 0.785. The third kappa shape index (κ3) is 2.24. The molecule has 1 fully saturated rings. The minimum atomic E-state index is 0.0189. The van der Waals surface area contributed by atoms with Gasteiger partial charge in [0.15, 0.2) is 0 Å². The number of ether oxygens (including phenoxy) is 1. The van der Waals surface area contributed by atoms with Crippen LogP contribution in [0.2, 0.25) is 5.02 Å². The average Bonchev–Trinajstić information content (AvgIpc) is 2.77. The lowest BCUT2D eigenvalue weighted by Crippen LogP contribution is -2.37. The number of halogens is 2. The van der Waals surface area contributed by atoms with Crippen LogP contribution in [0.5, 0.6) is 0 Å². The van der Waals surface area contributed by atoms with Crippen LogP contribution in [0.3, 0.4) is 0 Å². The molecule has 0 bridgehead atoms. The average molecular weight is 299 g/mol. The fourth-order valence-electron chi connectivity index (χ4n) is 2.83. The third-order valence-electron chi connectivity index (χ3n) is 3.92. The van der Waals surface area contributed by atoms with E-state index < -0.39 is 0 Å². The van der Waals surface area contributed by atoms with Crippen LogP contribution in [0.25, 0.3) is 11.0 Å². The second kappa shape index (κ2) is 4.97. The predicted molar refractivity (Wildman–Crippen MR) is 78.0 cm³/mol. The number of rotatable bonds is 2. The second-order valence-electron chi connectivity index (χ2n) is 5.24. The SMILES string of the molecule is CC1(n2c(CCl)nc3cc(Cl)ccc32)CCOCC1. The van der Waals surface area contributed by atoms with Crippen molar-refractivity contribution in [2.24, 2.45) is 0 Å². The molecule has 0 radical (unpaired) electrons. The highest BCUT2D eigenvalue weighted by molar-refractivity contribution is 6.31. The van der Waals surface area contributed by atoms with Gasteiger partial charge in [-0.3, -0.25) is 0 Å². The zero-order chi connectivity index (χ0) is 13.5. The number of benzene rings is 1. The summed E-state index contributed by atoms with van der Waals surface area (Å²) in [6, 6.07) is 5.83. The zero-order valence-electron chi connectivity index (χ0n) is 10.8. The van der Waals surface area contributed by atoms with Gasteiger partial charge in [-0.15, -0.1) is 11.6 Å². The first kappa shape index (κ1) is 13.2. The lowest BCUT2D eigenvalue weighted by molar-refractivity contribution is 0.0303. The molecule has 102 valence electrons. The Labute approximate surface area is 122 Å². The molecule has 0 unspecified atom stereocenters. The first-order valence-corrected chi connectivity index (χ1v) is 7.36. The summed E-state index contributed by atoms with van der Waals surface area (Å²) in [6.07, 6.45) is 1.95. The molecular formula is C14H16Cl2N2O. The summed E-state index contributed by atoms with van der Waals surface area (Å²) in [5.74, 6) is 1.31. The lowest BCUT2D eigenvalue weighted by Gasteiger charge is -2.36. The van der Waals surface area contributed by atoms with Gasteiger partial charge in [0.1, 0.15) is 5.82 Å². The molecule has 1 saturated heterocycles. The van der Waals surface area contributed by atoms with Gasteiger partial charge in [-0.05, 0) is 38.0 Å². The number of imidazole rings is 1. The molecule has 0 amide bonds. The number of nitrogens with zero attached hydrogens (tertiary/aromatic N) is 2. The van der Waals surface area contributed by atoms with Crippen LogP contribution in [-0.2, 0) is 16.2 Å². The molecule has 1 aliphatic rings. The van der Waals surface area contributed by atoms with E-state index in [9.17, 15) is 0 Å². The van der Waals surface area contributed by atoms with E-state index in [0.29, 0.717) is 10.9 Å². The van der Waals surface area contributed by atoms with Gasteiger partial charge in [0.25, 0.3) is 0 Å². The van der Waals surface area contributed by atoms with Crippen molar-refractivity contribution in [1.82, 2.24) is 9.55 Å². The highest BCUT2D eigenvalue weighted by Crippen LogP contribution is 2.34. The Kier molecular flexibility index (Phi) is 3.46. The molecule has 2 heterocycles. The van der Waals surface area contributed by atoms with Gasteiger partial charge in [-0.25, -0.2) is 4.98 Å². The lowest BCUT2D eigenvalue weighted by atomic mass is 9.91. The summed E-state index contributed by atoms with van der Waals surface area (Å²) in [7, 11) is 0. The molecule has 0 aliphatic carbocycles. The molecule has 3 nitrogen and oxygen atoms in total. The van der Waals surface area contributed by atoms with Crippen LogP contribution in [-0.4, -0.2) is 22.8 Å². The van der Waals surface area contributed by atoms with Gasteiger partial charge < -0.3 is 9.30 Å². The van der Waals surface area contributed by atoms with Gasteiger partial charge in [-0.2, -0.15) is 0 Å². The van der Waals surface area contributed by atoms with Gasteiger partial charge in [0.05, 0.1) is 16.9 Å². The fraction of sp³-hybridized carbons (Fsp3) is 0.500. The molecule has 5 heteroatoms. The maximum atomic E-state index is 6.08. The Bertz CT molecular complexity index is 603. The van der Waals surface area contributed by atoms with Crippen molar-refractivity contribution in [2.75, 3.05) is 13.2 Å². The van der Waals surface area contributed by atoms with E-state index in [4.69, 9.17) is 27.9 Å². The smallest absolute Gasteiger partial charge is 0.125 e. The molecule has 3 rings (SSSR count). The highest BCUT2D eigenvalue weighted by atomic mass is 35.5. The molecule has 0 N–H and O–H groups in total. The Balaban J connectivity index is 2.20. The van der Waals surface area contributed by atoms with E-state index >= 15 is 0 Å². The highest BCUT2D eigenvalue weighted by Gasteiger charge is 2.32. The molecule has 0 saturated carbocycles. The molecule has 19 heavy (non-hydrogen) atoms. The van der Waals surface area contributed by atoms with Crippen molar-refractivity contribution in [3.8, 4) is 0 Å². The topological polar surface area (TPSA) is 27.1 Å². The molecule has 1 aromatic heterocycles. The van der Waals surface area contributed by atoms with Crippen LogP contribution in [0, 0.1) is 0 Å². The maximum Gasteiger partial charge on any atom is 0.125 e. The number of alkyl halides is 1. The Morgan fingerprint density at radius 1 is 1.37 bits per heavy atom. The van der Waals surface area contributed by atoms with Crippen molar-refractivity contribution >= 4 is 34.2 Å². The molecule has 2 aromatic rings. The summed E-state index contributed by atoms with van der Waals surface area (Å²) >= 11 is 12.1. The first-order chi connectivity index (χ1) is 9.14. The fourth-order valence-corrected chi connectivity index (χ4v) is 3.18. The minimum absolute atomic E-state index is 0.0189. The molecule has 0 atom stereocenters. The second-order valence-corrected chi connectivity index (χ2v) is 5.94. The van der Waals surface area contributed by atoms with E-state index in [0.717, 1.165) is 42.9 Å². The Hall–Kier alpha value is -0.770. The van der Waals surface area contributed by atoms with Gasteiger partial charge in [-0.1, -0.05) is 11.6 Å². The van der Waals surface area contributed by atoms with Crippen molar-refractivity contribution in [3.05, 3.63) is 29.0 Å².